The summed E-state index contributed by atoms with van der Waals surface area (Å²) in [6, 6.07) is 5.02. The summed E-state index contributed by atoms with van der Waals surface area (Å²) < 4.78 is 1.59. The summed E-state index contributed by atoms with van der Waals surface area (Å²) in [7, 11) is 0. The van der Waals surface area contributed by atoms with Crippen molar-refractivity contribution in [1.82, 2.24) is 19.7 Å². The van der Waals surface area contributed by atoms with E-state index in [1.807, 2.05) is 13.0 Å². The Morgan fingerprint density at radius 2 is 1.67 bits per heavy atom. The van der Waals surface area contributed by atoms with Gasteiger partial charge in [-0.3, -0.25) is 0 Å². The minimum absolute atomic E-state index is 0.297. The summed E-state index contributed by atoms with van der Waals surface area (Å²) in [5, 5.41) is 8.82. The number of benzene rings is 1. The molecule has 2 heterocycles. The first-order valence-corrected chi connectivity index (χ1v) is 8.34. The molecule has 0 bridgehead atoms. The predicted octanol–water partition coefficient (Wildman–Crippen LogP) is 5.64. The van der Waals surface area contributed by atoms with Gasteiger partial charge in [0.05, 0.1) is 21.4 Å². The average Bonchev–Trinajstić information content (AvgIpc) is 2.92. The maximum atomic E-state index is 6.45. The van der Waals surface area contributed by atoms with Crippen LogP contribution in [0.15, 0.2) is 24.4 Å². The molecule has 24 heavy (non-hydrogen) atoms. The van der Waals surface area contributed by atoms with Crippen molar-refractivity contribution in [2.24, 2.45) is 0 Å². The summed E-state index contributed by atoms with van der Waals surface area (Å²) in [6.07, 6.45) is 1.77. The Balaban J connectivity index is 2.08. The number of anilines is 2. The predicted molar refractivity (Wildman–Crippen MR) is 98.4 cm³/mol. The molecule has 0 aliphatic heterocycles. The molecule has 0 radical (unpaired) electrons. The van der Waals surface area contributed by atoms with Crippen LogP contribution < -0.4 is 5.32 Å². The number of aromatic nitrogens is 4. The standard InChI is InChI=1S/C15H11Cl4N5/c1-7-3-4-24(23-7)15-12(19)14(20-8(2)21-15)22-13-10(17)5-9(16)6-11(13)18/h3-6H,1-2H3,(H,20,21,22). The zero-order valence-corrected chi connectivity index (χ0v) is 15.6. The summed E-state index contributed by atoms with van der Waals surface area (Å²) in [5.41, 5.74) is 1.31. The van der Waals surface area contributed by atoms with E-state index in [9.17, 15) is 0 Å². The van der Waals surface area contributed by atoms with Crippen molar-refractivity contribution in [3.63, 3.8) is 0 Å². The van der Waals surface area contributed by atoms with E-state index in [-0.39, 0.29) is 0 Å². The lowest BCUT2D eigenvalue weighted by atomic mass is 10.3. The van der Waals surface area contributed by atoms with Crippen LogP contribution in [-0.4, -0.2) is 19.7 Å². The quantitative estimate of drug-likeness (QED) is 0.616. The molecule has 0 unspecified atom stereocenters. The van der Waals surface area contributed by atoms with E-state index in [0.717, 1.165) is 5.69 Å². The summed E-state index contributed by atoms with van der Waals surface area (Å²) in [4.78, 5) is 8.67. The number of rotatable bonds is 3. The average molecular weight is 403 g/mol. The highest BCUT2D eigenvalue weighted by Gasteiger charge is 2.16. The van der Waals surface area contributed by atoms with Gasteiger partial charge in [-0.15, -0.1) is 0 Å². The number of nitrogens with one attached hydrogen (secondary N) is 1. The van der Waals surface area contributed by atoms with E-state index in [2.05, 4.69) is 20.4 Å². The van der Waals surface area contributed by atoms with Crippen molar-refractivity contribution in [1.29, 1.82) is 0 Å². The maximum absolute atomic E-state index is 6.45. The summed E-state index contributed by atoms with van der Waals surface area (Å²) in [5.74, 6) is 1.35. The molecule has 9 heteroatoms. The van der Waals surface area contributed by atoms with Gasteiger partial charge in [-0.25, -0.2) is 14.6 Å². The van der Waals surface area contributed by atoms with E-state index in [4.69, 9.17) is 46.4 Å². The third-order valence-electron chi connectivity index (χ3n) is 3.14. The van der Waals surface area contributed by atoms with Gasteiger partial charge in [-0.1, -0.05) is 46.4 Å². The molecule has 0 atom stereocenters. The first-order chi connectivity index (χ1) is 11.3. The van der Waals surface area contributed by atoms with Crippen LogP contribution in [0, 0.1) is 13.8 Å². The van der Waals surface area contributed by atoms with Crippen molar-refractivity contribution in [3.8, 4) is 5.82 Å². The monoisotopic (exact) mass is 401 g/mol. The molecule has 124 valence electrons. The van der Waals surface area contributed by atoms with Crippen molar-refractivity contribution in [2.75, 3.05) is 5.32 Å². The third-order valence-corrected chi connectivity index (χ3v) is 4.30. The molecule has 3 rings (SSSR count). The van der Waals surface area contributed by atoms with Gasteiger partial charge in [-0.2, -0.15) is 5.10 Å². The third kappa shape index (κ3) is 3.44. The Morgan fingerprint density at radius 3 is 2.25 bits per heavy atom. The zero-order chi connectivity index (χ0) is 17.4. The largest absolute Gasteiger partial charge is 0.336 e. The number of hydrogen-bond donors (Lipinski definition) is 1. The van der Waals surface area contributed by atoms with Crippen LogP contribution in [-0.2, 0) is 0 Å². The molecule has 0 spiro atoms. The fraction of sp³-hybridized carbons (Fsp3) is 0.133. The molecule has 2 aromatic heterocycles. The van der Waals surface area contributed by atoms with Crippen LogP contribution in [0.4, 0.5) is 11.5 Å². The second kappa shape index (κ2) is 6.76. The number of hydrogen-bond acceptors (Lipinski definition) is 4. The molecule has 3 aromatic rings. The van der Waals surface area contributed by atoms with Crippen LogP contribution in [0.2, 0.25) is 20.1 Å². The van der Waals surface area contributed by atoms with E-state index >= 15 is 0 Å². The van der Waals surface area contributed by atoms with Crippen molar-refractivity contribution >= 4 is 57.9 Å². The molecule has 0 aliphatic rings. The topological polar surface area (TPSA) is 55.6 Å². The second-order valence-electron chi connectivity index (χ2n) is 5.03. The SMILES string of the molecule is Cc1ccn(-c2nc(C)nc(Nc3c(Cl)cc(Cl)cc3Cl)c2Cl)n1. The Kier molecular flexibility index (Phi) is 4.88. The molecule has 1 aromatic carbocycles. The van der Waals surface area contributed by atoms with Crippen molar-refractivity contribution in [3.05, 3.63) is 56.0 Å². The molecule has 0 aliphatic carbocycles. The molecule has 0 saturated heterocycles. The zero-order valence-electron chi connectivity index (χ0n) is 12.6. The fourth-order valence-electron chi connectivity index (χ4n) is 2.09. The Morgan fingerprint density at radius 1 is 1.00 bits per heavy atom. The van der Waals surface area contributed by atoms with Crippen LogP contribution >= 0.6 is 46.4 Å². The smallest absolute Gasteiger partial charge is 0.177 e. The van der Waals surface area contributed by atoms with E-state index in [1.54, 1.807) is 29.9 Å². The molecule has 0 saturated carbocycles. The Hall–Kier alpha value is -1.53. The van der Waals surface area contributed by atoms with Gasteiger partial charge in [0.1, 0.15) is 10.8 Å². The van der Waals surface area contributed by atoms with Crippen LogP contribution in [0.1, 0.15) is 11.5 Å². The van der Waals surface area contributed by atoms with Crippen molar-refractivity contribution < 1.29 is 0 Å². The lowest BCUT2D eigenvalue weighted by molar-refractivity contribution is 0.818. The van der Waals surface area contributed by atoms with E-state index in [1.165, 1.54) is 0 Å². The van der Waals surface area contributed by atoms with Crippen LogP contribution in [0.25, 0.3) is 5.82 Å². The minimum atomic E-state index is 0.297. The van der Waals surface area contributed by atoms with Crippen LogP contribution in [0.3, 0.4) is 0 Å². The van der Waals surface area contributed by atoms with E-state index in [0.29, 0.717) is 43.2 Å². The summed E-state index contributed by atoms with van der Waals surface area (Å²) >= 11 is 24.8. The molecule has 5 nitrogen and oxygen atoms in total. The molecule has 0 fully saturated rings. The molecule has 0 amide bonds. The first-order valence-electron chi connectivity index (χ1n) is 6.83. The van der Waals surface area contributed by atoms with Gasteiger partial charge in [0.15, 0.2) is 11.6 Å². The fourth-order valence-corrected chi connectivity index (χ4v) is 3.22. The van der Waals surface area contributed by atoms with Crippen molar-refractivity contribution in [2.45, 2.75) is 13.8 Å². The molecular formula is C15H11Cl4N5. The van der Waals surface area contributed by atoms with Gasteiger partial charge in [0, 0.05) is 11.2 Å². The number of aryl methyl sites for hydroxylation is 2. The Labute approximate surface area is 158 Å². The summed E-state index contributed by atoms with van der Waals surface area (Å²) in [6.45, 7) is 3.64. The Bertz CT molecular complexity index is 899. The second-order valence-corrected chi connectivity index (χ2v) is 6.66. The van der Waals surface area contributed by atoms with Gasteiger partial charge in [-0.05, 0) is 32.0 Å². The highest BCUT2D eigenvalue weighted by molar-refractivity contribution is 6.42. The van der Waals surface area contributed by atoms with Gasteiger partial charge >= 0.3 is 0 Å². The van der Waals surface area contributed by atoms with Crippen LogP contribution in [0.5, 0.6) is 0 Å². The first kappa shape index (κ1) is 17.3. The lowest BCUT2D eigenvalue weighted by Gasteiger charge is -2.14. The van der Waals surface area contributed by atoms with Gasteiger partial charge in [0.2, 0.25) is 0 Å². The van der Waals surface area contributed by atoms with Gasteiger partial charge < -0.3 is 5.32 Å². The normalized spacial score (nSPS) is 10.9. The lowest BCUT2D eigenvalue weighted by Crippen LogP contribution is -2.07. The number of nitrogens with zero attached hydrogens (tertiary/aromatic N) is 4. The molecule has 1 N–H and O–H groups in total. The highest BCUT2D eigenvalue weighted by Crippen LogP contribution is 2.37. The maximum Gasteiger partial charge on any atom is 0.177 e. The molecular weight excluding hydrogens is 392 g/mol. The van der Waals surface area contributed by atoms with E-state index < -0.39 is 0 Å². The highest BCUT2D eigenvalue weighted by atomic mass is 35.5. The van der Waals surface area contributed by atoms with Gasteiger partial charge in [0.25, 0.3) is 0 Å². The minimum Gasteiger partial charge on any atom is -0.336 e. The number of halogens is 4.